The van der Waals surface area contributed by atoms with E-state index in [1.807, 2.05) is 55.2 Å². The molecule has 0 aliphatic heterocycles. The van der Waals surface area contributed by atoms with Gasteiger partial charge in [0.05, 0.1) is 0 Å². The third-order valence-electron chi connectivity index (χ3n) is 3.83. The van der Waals surface area contributed by atoms with Crippen LogP contribution in [-0.2, 0) is 4.57 Å². The minimum Gasteiger partial charge on any atom is -0.386 e. The van der Waals surface area contributed by atoms with E-state index in [0.29, 0.717) is 17.2 Å². The molecule has 0 fully saturated rings. The number of hydrogen-bond donors (Lipinski definition) is 0. The monoisotopic (exact) mass is 464 g/mol. The van der Waals surface area contributed by atoms with Gasteiger partial charge in [0.2, 0.25) is 0 Å². The summed E-state index contributed by atoms with van der Waals surface area (Å²) in [4.78, 5) is 3.23. The average Bonchev–Trinajstić information content (AvgIpc) is 2.75. The van der Waals surface area contributed by atoms with Crippen LogP contribution in [0.15, 0.2) is 87.5 Å². The molecule has 0 saturated heterocycles. The Morgan fingerprint density at radius 3 is 0.966 bits per heavy atom. The molecule has 29 heavy (non-hydrogen) atoms. The molecular formula is C21H21O4PS3. The van der Waals surface area contributed by atoms with E-state index < -0.39 is 7.82 Å². The Bertz CT molecular complexity index is 834. The first-order valence-electron chi connectivity index (χ1n) is 8.64. The summed E-state index contributed by atoms with van der Waals surface area (Å²) in [7, 11) is -3.98. The van der Waals surface area contributed by atoms with Gasteiger partial charge in [-0.1, -0.05) is 0 Å². The Morgan fingerprint density at radius 2 is 0.759 bits per heavy atom. The minimum atomic E-state index is -3.98. The SMILES string of the molecule is CSc1ccc(OP(=O)(Oc2ccc(SC)cc2)Oc2ccc(SC)cc2)cc1. The van der Waals surface area contributed by atoms with Gasteiger partial charge in [-0.2, -0.15) is 4.57 Å². The van der Waals surface area contributed by atoms with Gasteiger partial charge in [0.25, 0.3) is 0 Å². The van der Waals surface area contributed by atoms with Crippen molar-refractivity contribution in [3.63, 3.8) is 0 Å². The van der Waals surface area contributed by atoms with E-state index in [0.717, 1.165) is 14.7 Å². The van der Waals surface area contributed by atoms with Crippen molar-refractivity contribution >= 4 is 43.1 Å². The lowest BCUT2D eigenvalue weighted by atomic mass is 10.3. The van der Waals surface area contributed by atoms with Crippen LogP contribution < -0.4 is 13.6 Å². The lowest BCUT2D eigenvalue weighted by Gasteiger charge is -2.19. The molecule has 0 N–H and O–H groups in total. The van der Waals surface area contributed by atoms with Crippen molar-refractivity contribution in [2.45, 2.75) is 14.7 Å². The number of phosphoric ester groups is 1. The third-order valence-corrected chi connectivity index (χ3v) is 7.36. The summed E-state index contributed by atoms with van der Waals surface area (Å²) in [6, 6.07) is 21.9. The Kier molecular flexibility index (Phi) is 7.90. The van der Waals surface area contributed by atoms with E-state index >= 15 is 0 Å². The highest BCUT2D eigenvalue weighted by Gasteiger charge is 2.33. The molecular weight excluding hydrogens is 443 g/mol. The van der Waals surface area contributed by atoms with E-state index in [1.54, 1.807) is 71.7 Å². The lowest BCUT2D eigenvalue weighted by molar-refractivity contribution is 0.298. The molecule has 0 saturated carbocycles. The highest BCUT2D eigenvalue weighted by molar-refractivity contribution is 7.99. The molecule has 4 nitrogen and oxygen atoms in total. The second-order valence-electron chi connectivity index (χ2n) is 5.75. The molecule has 3 rings (SSSR count). The summed E-state index contributed by atoms with van der Waals surface area (Å²) >= 11 is 4.85. The van der Waals surface area contributed by atoms with E-state index in [2.05, 4.69) is 0 Å². The first kappa shape index (κ1) is 22.0. The summed E-state index contributed by atoms with van der Waals surface area (Å²) in [6.07, 6.45) is 5.97. The van der Waals surface area contributed by atoms with Crippen molar-refractivity contribution in [2.24, 2.45) is 0 Å². The van der Waals surface area contributed by atoms with Crippen molar-refractivity contribution in [3.8, 4) is 17.2 Å². The largest absolute Gasteiger partial charge is 0.647 e. The van der Waals surface area contributed by atoms with Gasteiger partial charge in [0.1, 0.15) is 17.2 Å². The van der Waals surface area contributed by atoms with Gasteiger partial charge in [0, 0.05) is 14.7 Å². The molecule has 0 unspecified atom stereocenters. The summed E-state index contributed by atoms with van der Waals surface area (Å²) in [5, 5.41) is 0. The summed E-state index contributed by atoms with van der Waals surface area (Å²) in [5.41, 5.74) is 0. The normalized spacial score (nSPS) is 11.1. The highest BCUT2D eigenvalue weighted by Crippen LogP contribution is 2.50. The fourth-order valence-electron chi connectivity index (χ4n) is 2.35. The first-order valence-corrected chi connectivity index (χ1v) is 13.8. The molecule has 0 bridgehead atoms. The van der Waals surface area contributed by atoms with Crippen LogP contribution in [0.5, 0.6) is 17.2 Å². The fraction of sp³-hybridized carbons (Fsp3) is 0.143. The zero-order chi connectivity index (χ0) is 20.7. The van der Waals surface area contributed by atoms with E-state index in [1.165, 1.54) is 0 Å². The maximum atomic E-state index is 13.5. The minimum absolute atomic E-state index is 0.410. The number of rotatable bonds is 9. The van der Waals surface area contributed by atoms with E-state index in [4.69, 9.17) is 13.6 Å². The Balaban J connectivity index is 1.85. The fourth-order valence-corrected chi connectivity index (χ4v) is 4.83. The van der Waals surface area contributed by atoms with Crippen molar-refractivity contribution in [2.75, 3.05) is 18.8 Å². The van der Waals surface area contributed by atoms with Crippen molar-refractivity contribution < 1.29 is 18.1 Å². The van der Waals surface area contributed by atoms with Crippen LogP contribution in [0.1, 0.15) is 0 Å². The van der Waals surface area contributed by atoms with Gasteiger partial charge >= 0.3 is 7.82 Å². The number of phosphoric acid groups is 1. The zero-order valence-corrected chi connectivity index (χ0v) is 19.6. The molecule has 0 amide bonds. The summed E-state index contributed by atoms with van der Waals surface area (Å²) in [5.74, 6) is 1.23. The smallest absolute Gasteiger partial charge is 0.386 e. The van der Waals surface area contributed by atoms with E-state index in [-0.39, 0.29) is 0 Å². The molecule has 3 aromatic carbocycles. The first-order chi connectivity index (χ1) is 14.0. The van der Waals surface area contributed by atoms with Crippen molar-refractivity contribution in [1.82, 2.24) is 0 Å². The van der Waals surface area contributed by atoms with E-state index in [9.17, 15) is 4.57 Å². The van der Waals surface area contributed by atoms with Crippen LogP contribution in [-0.4, -0.2) is 18.8 Å². The zero-order valence-electron chi connectivity index (χ0n) is 16.2. The van der Waals surface area contributed by atoms with Crippen LogP contribution in [0.25, 0.3) is 0 Å². The standard InChI is InChI=1S/C21H21O4PS3/c1-27-19-10-4-16(5-11-19)23-26(22,24-17-6-12-20(28-2)13-7-17)25-18-8-14-21(29-3)15-9-18/h4-15H,1-3H3. The third kappa shape index (κ3) is 6.41. The molecule has 0 atom stereocenters. The molecule has 0 radical (unpaired) electrons. The van der Waals surface area contributed by atoms with Gasteiger partial charge in [-0.25, -0.2) is 0 Å². The van der Waals surface area contributed by atoms with Gasteiger partial charge in [-0.05, 0) is 91.6 Å². The Hall–Kier alpha value is -1.66. The van der Waals surface area contributed by atoms with Crippen LogP contribution in [0.3, 0.4) is 0 Å². The second-order valence-corrected chi connectivity index (χ2v) is 9.83. The molecule has 8 heteroatoms. The Labute approximate surface area is 184 Å². The van der Waals surface area contributed by atoms with Gasteiger partial charge in [-0.3, -0.25) is 0 Å². The molecule has 0 heterocycles. The second kappa shape index (κ2) is 10.4. The summed E-state index contributed by atoms with van der Waals surface area (Å²) < 4.78 is 30.6. The van der Waals surface area contributed by atoms with Crippen LogP contribution in [0.4, 0.5) is 0 Å². The molecule has 152 valence electrons. The number of benzene rings is 3. The maximum absolute atomic E-state index is 13.5. The predicted molar refractivity (Wildman–Crippen MR) is 124 cm³/mol. The highest BCUT2D eigenvalue weighted by atomic mass is 32.2. The Morgan fingerprint density at radius 1 is 0.517 bits per heavy atom. The maximum Gasteiger partial charge on any atom is 0.647 e. The number of thioether (sulfide) groups is 3. The molecule has 0 spiro atoms. The quantitative estimate of drug-likeness (QED) is 0.240. The average molecular weight is 465 g/mol. The predicted octanol–water partition coefficient (Wildman–Crippen LogP) is 7.50. The van der Waals surface area contributed by atoms with Gasteiger partial charge in [-0.15, -0.1) is 35.3 Å². The van der Waals surface area contributed by atoms with Crippen molar-refractivity contribution in [1.29, 1.82) is 0 Å². The topological polar surface area (TPSA) is 44.8 Å². The molecule has 3 aromatic rings. The van der Waals surface area contributed by atoms with Crippen LogP contribution in [0, 0.1) is 0 Å². The van der Waals surface area contributed by atoms with Gasteiger partial charge < -0.3 is 13.6 Å². The number of hydrogen-bond acceptors (Lipinski definition) is 7. The van der Waals surface area contributed by atoms with Crippen LogP contribution in [0.2, 0.25) is 0 Å². The lowest BCUT2D eigenvalue weighted by Crippen LogP contribution is -2.07. The van der Waals surface area contributed by atoms with Crippen LogP contribution >= 0.6 is 43.1 Å². The summed E-state index contributed by atoms with van der Waals surface area (Å²) in [6.45, 7) is 0. The molecule has 0 aliphatic carbocycles. The van der Waals surface area contributed by atoms with Gasteiger partial charge in [0.15, 0.2) is 0 Å². The van der Waals surface area contributed by atoms with Crippen molar-refractivity contribution in [3.05, 3.63) is 72.8 Å². The molecule has 0 aromatic heterocycles. The molecule has 0 aliphatic rings.